The number of unbranched alkanes of at least 4 members (excludes halogenated alkanes) is 1. The third-order valence-electron chi connectivity index (χ3n) is 8.27. The minimum Gasteiger partial charge on any atom is -0.429 e. The largest absolute Gasteiger partial charge is 0.432 e. The van der Waals surface area contributed by atoms with E-state index in [-0.39, 0.29) is 30.8 Å². The van der Waals surface area contributed by atoms with Crippen molar-refractivity contribution in [2.24, 2.45) is 11.8 Å². The van der Waals surface area contributed by atoms with Gasteiger partial charge in [-0.3, -0.25) is 0 Å². The van der Waals surface area contributed by atoms with Gasteiger partial charge in [-0.2, -0.15) is 8.78 Å². The highest BCUT2D eigenvalue weighted by Gasteiger charge is 2.42. The van der Waals surface area contributed by atoms with E-state index >= 15 is 0 Å². The molecule has 1 saturated carbocycles. The Bertz CT molecular complexity index is 1440. The molecule has 0 spiro atoms. The number of halogens is 8. The van der Waals surface area contributed by atoms with Gasteiger partial charge in [0.05, 0.1) is 19.3 Å². The molecule has 3 aromatic rings. The Morgan fingerprint density at radius 3 is 1.96 bits per heavy atom. The summed E-state index contributed by atoms with van der Waals surface area (Å²) >= 11 is 0. The molecule has 244 valence electrons. The van der Waals surface area contributed by atoms with E-state index in [2.05, 4.69) is 11.7 Å². The first-order valence-corrected chi connectivity index (χ1v) is 14.8. The molecule has 2 aliphatic rings. The second kappa shape index (κ2) is 14.0. The molecular formula is C33H32F8O4. The van der Waals surface area contributed by atoms with E-state index in [1.807, 2.05) is 0 Å². The fraction of sp³-hybridized carbons (Fsp3) is 0.455. The summed E-state index contributed by atoms with van der Waals surface area (Å²) in [6.07, 6.45) is 0.365. The van der Waals surface area contributed by atoms with Gasteiger partial charge < -0.3 is 18.9 Å². The number of alkyl halides is 2. The van der Waals surface area contributed by atoms with Gasteiger partial charge >= 0.3 is 6.11 Å². The lowest BCUT2D eigenvalue weighted by Crippen LogP contribution is -2.35. The summed E-state index contributed by atoms with van der Waals surface area (Å²) in [5.74, 6) is -9.87. The molecule has 2 fully saturated rings. The smallest absolute Gasteiger partial charge is 0.429 e. The molecule has 1 aliphatic heterocycles. The van der Waals surface area contributed by atoms with Crippen molar-refractivity contribution in [2.45, 2.75) is 64.0 Å². The molecule has 0 aromatic heterocycles. The minimum atomic E-state index is -4.59. The number of hydrogen-bond acceptors (Lipinski definition) is 4. The van der Waals surface area contributed by atoms with Crippen LogP contribution in [0.5, 0.6) is 5.75 Å². The van der Waals surface area contributed by atoms with Crippen molar-refractivity contribution in [3.63, 3.8) is 0 Å². The number of rotatable bonds is 10. The normalized spacial score (nSPS) is 22.4. The molecule has 12 heteroatoms. The third-order valence-corrected chi connectivity index (χ3v) is 8.27. The summed E-state index contributed by atoms with van der Waals surface area (Å²) in [6, 6.07) is 4.48. The van der Waals surface area contributed by atoms with Gasteiger partial charge in [0.2, 0.25) is 0 Å². The Kier molecular flexibility index (Phi) is 10.3. The van der Waals surface area contributed by atoms with Gasteiger partial charge in [-0.15, -0.1) is 0 Å². The van der Waals surface area contributed by atoms with E-state index in [9.17, 15) is 35.1 Å². The molecule has 0 radical (unpaired) electrons. The van der Waals surface area contributed by atoms with Crippen LogP contribution >= 0.6 is 0 Å². The zero-order valence-electron chi connectivity index (χ0n) is 24.4. The van der Waals surface area contributed by atoms with Gasteiger partial charge in [0.15, 0.2) is 23.7 Å². The first-order valence-electron chi connectivity index (χ1n) is 14.8. The summed E-state index contributed by atoms with van der Waals surface area (Å²) < 4.78 is 137. The maximum absolute atomic E-state index is 15.0. The Labute approximate surface area is 255 Å². The Morgan fingerprint density at radius 1 is 0.756 bits per heavy atom. The monoisotopic (exact) mass is 644 g/mol. The maximum Gasteiger partial charge on any atom is 0.432 e. The van der Waals surface area contributed by atoms with Gasteiger partial charge in [-0.05, 0) is 80.0 Å². The highest BCUT2D eigenvalue weighted by molar-refractivity contribution is 5.65. The van der Waals surface area contributed by atoms with Crippen LogP contribution < -0.4 is 4.74 Å². The first-order chi connectivity index (χ1) is 21.5. The van der Waals surface area contributed by atoms with Gasteiger partial charge in [-0.1, -0.05) is 13.3 Å². The quantitative estimate of drug-likeness (QED) is 0.125. The average molecular weight is 645 g/mol. The van der Waals surface area contributed by atoms with Crippen LogP contribution in [0.3, 0.4) is 0 Å². The van der Waals surface area contributed by atoms with Crippen molar-refractivity contribution in [3.8, 4) is 16.9 Å². The van der Waals surface area contributed by atoms with Crippen LogP contribution in [-0.4, -0.2) is 25.9 Å². The van der Waals surface area contributed by atoms with Crippen molar-refractivity contribution in [2.75, 3.05) is 19.8 Å². The molecule has 4 nitrogen and oxygen atoms in total. The van der Waals surface area contributed by atoms with Crippen molar-refractivity contribution < 1.29 is 54.1 Å². The summed E-state index contributed by atoms with van der Waals surface area (Å²) in [5, 5.41) is 0. The molecule has 5 rings (SSSR count). The second-order valence-electron chi connectivity index (χ2n) is 11.4. The van der Waals surface area contributed by atoms with Crippen molar-refractivity contribution in [1.29, 1.82) is 0 Å². The van der Waals surface area contributed by atoms with E-state index in [4.69, 9.17) is 14.2 Å². The lowest BCUT2D eigenvalue weighted by molar-refractivity contribution is -0.215. The van der Waals surface area contributed by atoms with Gasteiger partial charge in [-0.25, -0.2) is 26.3 Å². The predicted octanol–water partition coefficient (Wildman–Crippen LogP) is 9.35. The van der Waals surface area contributed by atoms with Gasteiger partial charge in [0.25, 0.3) is 0 Å². The molecule has 45 heavy (non-hydrogen) atoms. The summed E-state index contributed by atoms with van der Waals surface area (Å²) in [6.45, 7) is 3.42. The van der Waals surface area contributed by atoms with Crippen LogP contribution in [0, 0.1) is 46.7 Å². The van der Waals surface area contributed by atoms with E-state index in [1.165, 1.54) is 0 Å². The first kappa shape index (κ1) is 33.2. The highest BCUT2D eigenvalue weighted by atomic mass is 19.3. The van der Waals surface area contributed by atoms with Crippen LogP contribution in [0.15, 0.2) is 42.5 Å². The molecular weight excluding hydrogens is 612 g/mol. The third kappa shape index (κ3) is 7.61. The second-order valence-corrected chi connectivity index (χ2v) is 11.4. The molecule has 0 atom stereocenters. The fourth-order valence-electron chi connectivity index (χ4n) is 5.81. The Morgan fingerprint density at radius 2 is 1.38 bits per heavy atom. The van der Waals surface area contributed by atoms with E-state index < -0.39 is 69.7 Å². The summed E-state index contributed by atoms with van der Waals surface area (Å²) in [4.78, 5) is 0. The molecule has 1 saturated heterocycles. The highest BCUT2D eigenvalue weighted by Crippen LogP contribution is 2.40. The standard InChI is InChI=1S/C33H32F8O4/c1-2-3-10-42-22-6-4-18(5-7-22)21-16-43-32(44-17-21)20-13-26(35)30(27(36)14-20)33(40,41)45-23-8-9-24(25(34)15-23)19-11-28(37)31(39)29(38)12-19/h8-9,11-15,18,21-22,32H,2-7,10,16-17H2,1H3. The Balaban J connectivity index is 1.21. The Hall–Kier alpha value is -3.22. The van der Waals surface area contributed by atoms with E-state index in [0.717, 1.165) is 57.3 Å². The van der Waals surface area contributed by atoms with Crippen molar-refractivity contribution in [1.82, 2.24) is 0 Å². The predicted molar refractivity (Wildman–Crippen MR) is 147 cm³/mol. The zero-order valence-corrected chi connectivity index (χ0v) is 24.4. The maximum atomic E-state index is 15.0. The van der Waals surface area contributed by atoms with Crippen molar-refractivity contribution >= 4 is 0 Å². The molecule has 1 heterocycles. The van der Waals surface area contributed by atoms with Gasteiger partial charge in [0.1, 0.15) is 28.8 Å². The lowest BCUT2D eigenvalue weighted by atomic mass is 9.79. The number of ether oxygens (including phenoxy) is 4. The number of hydrogen-bond donors (Lipinski definition) is 0. The zero-order chi connectivity index (χ0) is 32.3. The van der Waals surface area contributed by atoms with Crippen LogP contribution in [0.4, 0.5) is 35.1 Å². The van der Waals surface area contributed by atoms with Gasteiger partial charge in [0, 0.05) is 29.7 Å². The summed E-state index contributed by atoms with van der Waals surface area (Å²) in [7, 11) is 0. The SMILES string of the molecule is CCCCOC1CCC(C2COC(c3cc(F)c(C(F)(F)Oc4ccc(-c5cc(F)c(F)c(F)c5)c(F)c4)c(F)c3)OC2)CC1. The lowest BCUT2D eigenvalue weighted by Gasteiger charge is -2.37. The molecule has 0 bridgehead atoms. The van der Waals surface area contributed by atoms with Crippen LogP contribution in [-0.2, 0) is 20.3 Å². The van der Waals surface area contributed by atoms with Crippen molar-refractivity contribution in [3.05, 3.63) is 88.5 Å². The molecule has 0 N–H and O–H groups in total. The van der Waals surface area contributed by atoms with E-state index in [1.54, 1.807) is 0 Å². The molecule has 0 amide bonds. The molecule has 3 aromatic carbocycles. The number of benzene rings is 3. The summed E-state index contributed by atoms with van der Waals surface area (Å²) in [5.41, 5.74) is -2.72. The molecule has 1 aliphatic carbocycles. The topological polar surface area (TPSA) is 36.9 Å². The molecule has 0 unspecified atom stereocenters. The fourth-order valence-corrected chi connectivity index (χ4v) is 5.81. The van der Waals surface area contributed by atoms with Crippen LogP contribution in [0.1, 0.15) is 62.9 Å². The van der Waals surface area contributed by atoms with Crippen LogP contribution in [0.25, 0.3) is 11.1 Å². The average Bonchev–Trinajstić information content (AvgIpc) is 2.99. The van der Waals surface area contributed by atoms with E-state index in [0.29, 0.717) is 36.2 Å². The van der Waals surface area contributed by atoms with Crippen LogP contribution in [0.2, 0.25) is 0 Å². The minimum absolute atomic E-state index is 0.0810.